The zero-order valence-corrected chi connectivity index (χ0v) is 11.4. The number of rotatable bonds is 2. The van der Waals surface area contributed by atoms with Gasteiger partial charge in [0.2, 0.25) is 0 Å². The molecule has 1 aliphatic heterocycles. The van der Waals surface area contributed by atoms with Crippen molar-refractivity contribution in [3.8, 4) is 0 Å². The molecule has 0 aromatic heterocycles. The van der Waals surface area contributed by atoms with Gasteiger partial charge in [-0.1, -0.05) is 19.9 Å². The van der Waals surface area contributed by atoms with Crippen LogP contribution in [0.2, 0.25) is 0 Å². The minimum absolute atomic E-state index is 0.182. The van der Waals surface area contributed by atoms with Crippen molar-refractivity contribution in [3.05, 3.63) is 29.6 Å². The van der Waals surface area contributed by atoms with Gasteiger partial charge in [0.05, 0.1) is 0 Å². The third-order valence-electron chi connectivity index (χ3n) is 3.96. The number of benzene rings is 1. The van der Waals surface area contributed by atoms with Crippen LogP contribution in [0.1, 0.15) is 38.7 Å². The molecule has 1 heterocycles. The normalized spacial score (nSPS) is 19.7. The minimum atomic E-state index is -0.182. The van der Waals surface area contributed by atoms with Crippen molar-refractivity contribution in [2.24, 2.45) is 11.1 Å². The molecule has 0 unspecified atom stereocenters. The maximum Gasteiger partial charge on any atom is 0.129 e. The van der Waals surface area contributed by atoms with Crippen molar-refractivity contribution in [2.45, 2.75) is 39.7 Å². The smallest absolute Gasteiger partial charge is 0.129 e. The van der Waals surface area contributed by atoms with E-state index in [4.69, 9.17) is 5.73 Å². The molecule has 2 N–H and O–H groups in total. The van der Waals surface area contributed by atoms with E-state index >= 15 is 0 Å². The summed E-state index contributed by atoms with van der Waals surface area (Å²) in [5.74, 6) is -0.182. The lowest BCUT2D eigenvalue weighted by Gasteiger charge is -2.25. The van der Waals surface area contributed by atoms with Gasteiger partial charge < -0.3 is 10.6 Å². The van der Waals surface area contributed by atoms with E-state index in [-0.39, 0.29) is 12.4 Å². The highest BCUT2D eigenvalue weighted by molar-refractivity contribution is 5.48. The summed E-state index contributed by atoms with van der Waals surface area (Å²) in [6.45, 7) is 6.92. The zero-order chi connectivity index (χ0) is 13.2. The van der Waals surface area contributed by atoms with E-state index in [0.29, 0.717) is 11.0 Å². The van der Waals surface area contributed by atoms with E-state index in [1.165, 1.54) is 12.8 Å². The highest BCUT2D eigenvalue weighted by atomic mass is 19.1. The molecule has 0 atom stereocenters. The molecule has 0 aliphatic carbocycles. The van der Waals surface area contributed by atoms with Gasteiger partial charge in [-0.15, -0.1) is 0 Å². The molecule has 0 radical (unpaired) electrons. The summed E-state index contributed by atoms with van der Waals surface area (Å²) >= 11 is 0. The Balaban J connectivity index is 2.14. The summed E-state index contributed by atoms with van der Waals surface area (Å²) in [7, 11) is 0. The predicted molar refractivity (Wildman–Crippen MR) is 74.1 cm³/mol. The standard InChI is InChI=1S/C15H23FN2/c1-15(2)6-3-8-18(9-7-15)13-5-4-12(11-17)14(16)10-13/h4-5,10H,3,6-9,11,17H2,1-2H3. The molecule has 0 spiro atoms. The van der Waals surface area contributed by atoms with Crippen LogP contribution in [0.25, 0.3) is 0 Å². The molecule has 1 aromatic rings. The van der Waals surface area contributed by atoms with Crippen LogP contribution in [0.5, 0.6) is 0 Å². The number of hydrogen-bond donors (Lipinski definition) is 1. The number of halogens is 1. The highest BCUT2D eigenvalue weighted by Crippen LogP contribution is 2.32. The van der Waals surface area contributed by atoms with E-state index in [1.807, 2.05) is 6.07 Å². The van der Waals surface area contributed by atoms with Crippen molar-refractivity contribution in [3.63, 3.8) is 0 Å². The van der Waals surface area contributed by atoms with Crippen molar-refractivity contribution in [1.82, 2.24) is 0 Å². The summed E-state index contributed by atoms with van der Waals surface area (Å²) < 4.78 is 13.8. The van der Waals surface area contributed by atoms with Gasteiger partial charge >= 0.3 is 0 Å². The molecular formula is C15H23FN2. The van der Waals surface area contributed by atoms with Crippen molar-refractivity contribution in [1.29, 1.82) is 0 Å². The molecule has 2 nitrogen and oxygen atoms in total. The number of anilines is 1. The van der Waals surface area contributed by atoms with Crippen molar-refractivity contribution >= 4 is 5.69 Å². The van der Waals surface area contributed by atoms with Crippen LogP contribution in [-0.4, -0.2) is 13.1 Å². The van der Waals surface area contributed by atoms with E-state index < -0.39 is 0 Å². The molecule has 1 fully saturated rings. The molecule has 0 amide bonds. The van der Waals surface area contributed by atoms with Crippen LogP contribution >= 0.6 is 0 Å². The molecule has 2 rings (SSSR count). The summed E-state index contributed by atoms with van der Waals surface area (Å²) in [4.78, 5) is 2.29. The van der Waals surface area contributed by atoms with Crippen molar-refractivity contribution < 1.29 is 4.39 Å². The zero-order valence-electron chi connectivity index (χ0n) is 11.4. The Hall–Kier alpha value is -1.09. The largest absolute Gasteiger partial charge is 0.371 e. The number of nitrogens with zero attached hydrogens (tertiary/aromatic N) is 1. The second-order valence-corrected chi connectivity index (χ2v) is 5.98. The average molecular weight is 250 g/mol. The fraction of sp³-hybridized carbons (Fsp3) is 0.600. The van der Waals surface area contributed by atoms with Gasteiger partial charge in [0, 0.05) is 30.9 Å². The topological polar surface area (TPSA) is 29.3 Å². The molecular weight excluding hydrogens is 227 g/mol. The molecule has 1 aliphatic rings. The Labute approximate surface area is 109 Å². The molecule has 0 saturated carbocycles. The summed E-state index contributed by atoms with van der Waals surface area (Å²) in [6, 6.07) is 5.42. The molecule has 18 heavy (non-hydrogen) atoms. The lowest BCUT2D eigenvalue weighted by atomic mass is 9.85. The second kappa shape index (κ2) is 5.27. The van der Waals surface area contributed by atoms with Crippen LogP contribution in [0, 0.1) is 11.2 Å². The van der Waals surface area contributed by atoms with E-state index in [2.05, 4.69) is 18.7 Å². The molecule has 100 valence electrons. The van der Waals surface area contributed by atoms with Crippen LogP contribution in [0.15, 0.2) is 18.2 Å². The summed E-state index contributed by atoms with van der Waals surface area (Å²) in [6.07, 6.45) is 3.58. The molecule has 0 bridgehead atoms. The Morgan fingerprint density at radius 3 is 2.72 bits per heavy atom. The van der Waals surface area contributed by atoms with E-state index in [1.54, 1.807) is 12.1 Å². The van der Waals surface area contributed by atoms with Gasteiger partial charge in [-0.2, -0.15) is 0 Å². The van der Waals surface area contributed by atoms with Gasteiger partial charge in [-0.25, -0.2) is 4.39 Å². The van der Waals surface area contributed by atoms with Gasteiger partial charge in [-0.3, -0.25) is 0 Å². The first-order valence-electron chi connectivity index (χ1n) is 6.75. The van der Waals surface area contributed by atoms with Gasteiger partial charge in [0.15, 0.2) is 0 Å². The SMILES string of the molecule is CC1(C)CCCN(c2ccc(CN)c(F)c2)CC1. The van der Waals surface area contributed by atoms with E-state index in [9.17, 15) is 4.39 Å². The fourth-order valence-electron chi connectivity index (χ4n) is 2.58. The first-order valence-corrected chi connectivity index (χ1v) is 6.75. The van der Waals surface area contributed by atoms with Gasteiger partial charge in [0.1, 0.15) is 5.82 Å². The third-order valence-corrected chi connectivity index (χ3v) is 3.96. The Morgan fingerprint density at radius 2 is 2.06 bits per heavy atom. The van der Waals surface area contributed by atoms with Crippen molar-refractivity contribution in [2.75, 3.05) is 18.0 Å². The van der Waals surface area contributed by atoms with Crippen LogP contribution in [0.3, 0.4) is 0 Å². The molecule has 1 aromatic carbocycles. The Morgan fingerprint density at radius 1 is 1.28 bits per heavy atom. The quantitative estimate of drug-likeness (QED) is 0.872. The van der Waals surface area contributed by atoms with Gasteiger partial charge in [-0.05, 0) is 36.8 Å². The first-order chi connectivity index (χ1) is 8.52. The molecule has 3 heteroatoms. The van der Waals surface area contributed by atoms with Crippen LogP contribution < -0.4 is 10.6 Å². The predicted octanol–water partition coefficient (Wildman–Crippen LogP) is 3.30. The van der Waals surface area contributed by atoms with Gasteiger partial charge in [0.25, 0.3) is 0 Å². The summed E-state index contributed by atoms with van der Waals surface area (Å²) in [5, 5.41) is 0. The third kappa shape index (κ3) is 3.02. The Bertz CT molecular complexity index is 415. The average Bonchev–Trinajstić information content (AvgIpc) is 2.50. The van der Waals surface area contributed by atoms with Crippen LogP contribution in [-0.2, 0) is 6.54 Å². The molecule has 1 saturated heterocycles. The van der Waals surface area contributed by atoms with E-state index in [0.717, 1.165) is 25.2 Å². The summed E-state index contributed by atoms with van der Waals surface area (Å²) in [5.41, 5.74) is 7.47. The maximum absolute atomic E-state index is 13.8. The van der Waals surface area contributed by atoms with Crippen LogP contribution in [0.4, 0.5) is 10.1 Å². The fourth-order valence-corrected chi connectivity index (χ4v) is 2.58. The maximum atomic E-state index is 13.8. The number of nitrogens with two attached hydrogens (primary N) is 1. The lowest BCUT2D eigenvalue weighted by molar-refractivity contribution is 0.325. The Kier molecular flexibility index (Phi) is 3.91. The lowest BCUT2D eigenvalue weighted by Crippen LogP contribution is -2.25. The highest BCUT2D eigenvalue weighted by Gasteiger charge is 2.23. The monoisotopic (exact) mass is 250 g/mol. The minimum Gasteiger partial charge on any atom is -0.371 e. The number of hydrogen-bond acceptors (Lipinski definition) is 2. The first kappa shape index (κ1) is 13.3. The second-order valence-electron chi connectivity index (χ2n) is 5.98.